The SMILES string of the molecule is CC(CCS(C)=O)Nc1cc(Br)nc(C(C)(C)C)n1. The second-order valence-corrected chi connectivity index (χ2v) is 8.13. The van der Waals surface area contributed by atoms with Gasteiger partial charge in [-0.3, -0.25) is 4.21 Å². The summed E-state index contributed by atoms with van der Waals surface area (Å²) in [4.78, 5) is 8.95. The second-order valence-electron chi connectivity index (χ2n) is 5.76. The van der Waals surface area contributed by atoms with Gasteiger partial charge in [0.2, 0.25) is 0 Å². The van der Waals surface area contributed by atoms with Crippen molar-refractivity contribution < 1.29 is 4.21 Å². The summed E-state index contributed by atoms with van der Waals surface area (Å²) >= 11 is 3.42. The monoisotopic (exact) mass is 347 g/mol. The summed E-state index contributed by atoms with van der Waals surface area (Å²) in [5, 5.41) is 3.34. The molecule has 6 heteroatoms. The Morgan fingerprint density at radius 1 is 1.42 bits per heavy atom. The minimum absolute atomic E-state index is 0.0889. The Hall–Kier alpha value is -0.490. The first-order chi connectivity index (χ1) is 8.68. The molecule has 0 saturated heterocycles. The van der Waals surface area contributed by atoms with Gasteiger partial charge in [0.25, 0.3) is 0 Å². The van der Waals surface area contributed by atoms with E-state index in [-0.39, 0.29) is 11.5 Å². The van der Waals surface area contributed by atoms with Gasteiger partial charge in [0.15, 0.2) is 0 Å². The first-order valence-corrected chi connectivity index (χ1v) is 8.82. The van der Waals surface area contributed by atoms with Gasteiger partial charge >= 0.3 is 0 Å². The summed E-state index contributed by atoms with van der Waals surface area (Å²) in [5.74, 6) is 2.31. The predicted octanol–water partition coefficient (Wildman–Crippen LogP) is 3.11. The van der Waals surface area contributed by atoms with E-state index in [1.165, 1.54) is 0 Å². The molecule has 0 spiro atoms. The maximum Gasteiger partial charge on any atom is 0.137 e. The van der Waals surface area contributed by atoms with E-state index in [0.717, 1.165) is 22.7 Å². The average molecular weight is 348 g/mol. The molecule has 2 atom stereocenters. The third-order valence-electron chi connectivity index (χ3n) is 2.60. The molecule has 0 aliphatic heterocycles. The fraction of sp³-hybridized carbons (Fsp3) is 0.692. The zero-order valence-corrected chi connectivity index (χ0v) is 14.6. The van der Waals surface area contributed by atoms with Crippen LogP contribution in [0.25, 0.3) is 0 Å². The first kappa shape index (κ1) is 16.6. The third-order valence-corrected chi connectivity index (χ3v) is 3.82. The highest BCUT2D eigenvalue weighted by atomic mass is 79.9. The lowest BCUT2D eigenvalue weighted by atomic mass is 9.96. The molecule has 1 aromatic rings. The van der Waals surface area contributed by atoms with Crippen molar-refractivity contribution in [1.29, 1.82) is 0 Å². The lowest BCUT2D eigenvalue weighted by Crippen LogP contribution is -2.21. The van der Waals surface area contributed by atoms with Crippen LogP contribution >= 0.6 is 15.9 Å². The highest BCUT2D eigenvalue weighted by Gasteiger charge is 2.19. The van der Waals surface area contributed by atoms with Crippen molar-refractivity contribution in [1.82, 2.24) is 9.97 Å². The zero-order valence-electron chi connectivity index (χ0n) is 12.2. The number of halogens is 1. The summed E-state index contributed by atoms with van der Waals surface area (Å²) in [6, 6.07) is 2.10. The molecule has 1 aromatic heterocycles. The number of anilines is 1. The average Bonchev–Trinajstić information content (AvgIpc) is 2.24. The van der Waals surface area contributed by atoms with Crippen LogP contribution in [0.3, 0.4) is 0 Å². The smallest absolute Gasteiger partial charge is 0.137 e. The molecule has 19 heavy (non-hydrogen) atoms. The van der Waals surface area contributed by atoms with Gasteiger partial charge in [-0.15, -0.1) is 0 Å². The third kappa shape index (κ3) is 5.99. The fourth-order valence-corrected chi connectivity index (χ4v) is 2.56. The fourth-order valence-electron chi connectivity index (χ4n) is 1.49. The van der Waals surface area contributed by atoms with E-state index < -0.39 is 10.8 Å². The summed E-state index contributed by atoms with van der Waals surface area (Å²) in [6.07, 6.45) is 2.58. The summed E-state index contributed by atoms with van der Waals surface area (Å²) in [5.41, 5.74) is -0.0889. The van der Waals surface area contributed by atoms with Crippen LogP contribution in [-0.2, 0) is 16.2 Å². The van der Waals surface area contributed by atoms with E-state index >= 15 is 0 Å². The number of nitrogens with one attached hydrogen (secondary N) is 1. The summed E-state index contributed by atoms with van der Waals surface area (Å²) in [7, 11) is -0.749. The minimum atomic E-state index is -0.749. The molecule has 1 N–H and O–H groups in total. The molecule has 0 fully saturated rings. The van der Waals surface area contributed by atoms with Crippen molar-refractivity contribution in [2.75, 3.05) is 17.3 Å². The largest absolute Gasteiger partial charge is 0.367 e. The van der Waals surface area contributed by atoms with Crippen LogP contribution < -0.4 is 5.32 Å². The van der Waals surface area contributed by atoms with E-state index in [2.05, 4.69) is 58.9 Å². The molecule has 0 amide bonds. The topological polar surface area (TPSA) is 54.9 Å². The summed E-state index contributed by atoms with van der Waals surface area (Å²) < 4.78 is 11.9. The highest BCUT2D eigenvalue weighted by Crippen LogP contribution is 2.22. The van der Waals surface area contributed by atoms with Gasteiger partial charge in [0.05, 0.1) is 0 Å². The van der Waals surface area contributed by atoms with Crippen LogP contribution in [0.1, 0.15) is 39.9 Å². The van der Waals surface area contributed by atoms with Gasteiger partial charge in [0, 0.05) is 40.3 Å². The van der Waals surface area contributed by atoms with Gasteiger partial charge in [-0.2, -0.15) is 0 Å². The van der Waals surface area contributed by atoms with Gasteiger partial charge in [-0.25, -0.2) is 9.97 Å². The second kappa shape index (κ2) is 6.79. The Labute approximate surface area is 126 Å². The molecule has 0 saturated carbocycles. The van der Waals surface area contributed by atoms with Crippen molar-refractivity contribution in [2.45, 2.75) is 45.6 Å². The van der Waals surface area contributed by atoms with Crippen molar-refractivity contribution in [3.63, 3.8) is 0 Å². The normalized spacial score (nSPS) is 15.1. The maximum absolute atomic E-state index is 11.1. The molecule has 4 nitrogen and oxygen atoms in total. The predicted molar refractivity (Wildman–Crippen MR) is 85.1 cm³/mol. The number of nitrogens with zero attached hydrogens (tertiary/aromatic N) is 2. The van der Waals surface area contributed by atoms with Crippen LogP contribution in [0.4, 0.5) is 5.82 Å². The van der Waals surface area contributed by atoms with Crippen molar-refractivity contribution in [2.24, 2.45) is 0 Å². The Kier molecular flexibility index (Phi) is 5.92. The summed E-state index contributed by atoms with van der Waals surface area (Å²) in [6.45, 7) is 8.33. The Balaban J connectivity index is 2.78. The number of hydrogen-bond acceptors (Lipinski definition) is 4. The molecule has 108 valence electrons. The van der Waals surface area contributed by atoms with E-state index in [4.69, 9.17) is 0 Å². The van der Waals surface area contributed by atoms with Crippen LogP contribution in [0.2, 0.25) is 0 Å². The number of aromatic nitrogens is 2. The van der Waals surface area contributed by atoms with Crippen molar-refractivity contribution in [3.8, 4) is 0 Å². The molecule has 0 aliphatic carbocycles. The quantitative estimate of drug-likeness (QED) is 0.831. The van der Waals surface area contributed by atoms with E-state index in [0.29, 0.717) is 5.75 Å². The Morgan fingerprint density at radius 3 is 2.58 bits per heavy atom. The van der Waals surface area contributed by atoms with Crippen LogP contribution in [-0.4, -0.2) is 32.2 Å². The zero-order chi connectivity index (χ0) is 14.6. The van der Waals surface area contributed by atoms with Crippen LogP contribution in [0.5, 0.6) is 0 Å². The van der Waals surface area contributed by atoms with Crippen LogP contribution in [0.15, 0.2) is 10.7 Å². The minimum Gasteiger partial charge on any atom is -0.367 e. The van der Waals surface area contributed by atoms with Crippen molar-refractivity contribution in [3.05, 3.63) is 16.5 Å². The molecular weight excluding hydrogens is 326 g/mol. The van der Waals surface area contributed by atoms with Gasteiger partial charge in [-0.05, 0) is 29.3 Å². The molecule has 0 radical (unpaired) electrons. The van der Waals surface area contributed by atoms with Crippen molar-refractivity contribution >= 4 is 32.5 Å². The van der Waals surface area contributed by atoms with E-state index in [9.17, 15) is 4.21 Å². The van der Waals surface area contributed by atoms with E-state index in [1.54, 1.807) is 6.26 Å². The first-order valence-electron chi connectivity index (χ1n) is 6.30. The van der Waals surface area contributed by atoms with Crippen LogP contribution in [0, 0.1) is 0 Å². The van der Waals surface area contributed by atoms with E-state index in [1.807, 2.05) is 6.07 Å². The lowest BCUT2D eigenvalue weighted by molar-refractivity contribution is 0.543. The number of hydrogen-bond donors (Lipinski definition) is 1. The standard InChI is InChI=1S/C13H22BrN3OS/c1-9(6-7-19(5)18)15-11-8-10(14)16-12(17-11)13(2,3)4/h8-9H,6-7H2,1-5H3,(H,15,16,17). The molecule has 1 heterocycles. The molecule has 2 unspecified atom stereocenters. The molecule has 0 bridgehead atoms. The number of rotatable bonds is 5. The van der Waals surface area contributed by atoms with Gasteiger partial charge in [-0.1, -0.05) is 20.8 Å². The van der Waals surface area contributed by atoms with Gasteiger partial charge < -0.3 is 5.32 Å². The maximum atomic E-state index is 11.1. The molecule has 1 rings (SSSR count). The Bertz CT molecular complexity index is 460. The highest BCUT2D eigenvalue weighted by molar-refractivity contribution is 9.10. The molecule has 0 aliphatic rings. The lowest BCUT2D eigenvalue weighted by Gasteiger charge is -2.19. The Morgan fingerprint density at radius 2 is 2.05 bits per heavy atom. The molecular formula is C13H22BrN3OS. The molecule has 0 aromatic carbocycles. The van der Waals surface area contributed by atoms with Gasteiger partial charge in [0.1, 0.15) is 16.2 Å².